The Kier molecular flexibility index (Phi) is 5.18. The summed E-state index contributed by atoms with van der Waals surface area (Å²) in [5.74, 6) is 1.38. The molecule has 25 heavy (non-hydrogen) atoms. The Hall–Kier alpha value is -3.02. The molecular weight excluding hydrogens is 312 g/mol. The molecule has 0 aliphatic heterocycles. The first-order chi connectivity index (χ1) is 12.1. The van der Waals surface area contributed by atoms with Crippen molar-refractivity contribution < 1.29 is 0 Å². The molecule has 3 rings (SSSR count). The van der Waals surface area contributed by atoms with Gasteiger partial charge >= 0.3 is 0 Å². The Balaban J connectivity index is 1.65. The molecule has 3 aromatic rings. The third kappa shape index (κ3) is 4.73. The third-order valence-corrected chi connectivity index (χ3v) is 3.73. The SMILES string of the molecule is Cc1cccc(CNc2ncc(C)c(NCc3cccc(C)n3)n2)n1. The maximum Gasteiger partial charge on any atom is 0.224 e. The molecule has 0 unspecified atom stereocenters. The topological polar surface area (TPSA) is 75.6 Å². The molecule has 0 fully saturated rings. The minimum Gasteiger partial charge on any atom is -0.364 e. The van der Waals surface area contributed by atoms with E-state index in [1.54, 1.807) is 0 Å². The second-order valence-corrected chi connectivity index (χ2v) is 5.97. The minimum absolute atomic E-state index is 0.577. The van der Waals surface area contributed by atoms with Gasteiger partial charge in [-0.25, -0.2) is 4.98 Å². The van der Waals surface area contributed by atoms with Crippen LogP contribution in [0.2, 0.25) is 0 Å². The van der Waals surface area contributed by atoms with Crippen molar-refractivity contribution >= 4 is 11.8 Å². The number of pyridine rings is 2. The van der Waals surface area contributed by atoms with Crippen molar-refractivity contribution in [2.75, 3.05) is 10.6 Å². The van der Waals surface area contributed by atoms with Gasteiger partial charge in [-0.2, -0.15) is 4.98 Å². The number of hydrogen-bond acceptors (Lipinski definition) is 6. The van der Waals surface area contributed by atoms with Crippen molar-refractivity contribution in [1.82, 2.24) is 19.9 Å². The molecule has 3 aromatic heterocycles. The van der Waals surface area contributed by atoms with Crippen LogP contribution < -0.4 is 10.6 Å². The number of aryl methyl sites for hydroxylation is 3. The van der Waals surface area contributed by atoms with Crippen LogP contribution in [0.15, 0.2) is 42.6 Å². The van der Waals surface area contributed by atoms with Gasteiger partial charge in [-0.1, -0.05) is 12.1 Å². The molecule has 6 nitrogen and oxygen atoms in total. The lowest BCUT2D eigenvalue weighted by Gasteiger charge is -2.11. The second-order valence-electron chi connectivity index (χ2n) is 5.97. The summed E-state index contributed by atoms with van der Waals surface area (Å²) in [6.07, 6.45) is 1.81. The quantitative estimate of drug-likeness (QED) is 0.719. The Labute approximate surface area is 147 Å². The summed E-state index contributed by atoms with van der Waals surface area (Å²) in [6.45, 7) is 7.16. The number of anilines is 2. The molecule has 0 bridgehead atoms. The van der Waals surface area contributed by atoms with Crippen LogP contribution in [0.3, 0.4) is 0 Å². The number of hydrogen-bond donors (Lipinski definition) is 2. The van der Waals surface area contributed by atoms with Crippen molar-refractivity contribution in [2.45, 2.75) is 33.9 Å². The van der Waals surface area contributed by atoms with E-state index >= 15 is 0 Å². The highest BCUT2D eigenvalue weighted by Gasteiger charge is 2.05. The molecule has 0 amide bonds. The lowest BCUT2D eigenvalue weighted by molar-refractivity contribution is 0.964. The van der Waals surface area contributed by atoms with Crippen LogP contribution in [0.5, 0.6) is 0 Å². The first-order valence-electron chi connectivity index (χ1n) is 8.26. The molecule has 0 spiro atoms. The highest BCUT2D eigenvalue weighted by molar-refractivity contribution is 5.46. The Morgan fingerprint density at radius 2 is 1.36 bits per heavy atom. The van der Waals surface area contributed by atoms with Crippen molar-refractivity contribution in [1.29, 1.82) is 0 Å². The zero-order chi connectivity index (χ0) is 17.6. The van der Waals surface area contributed by atoms with Crippen LogP contribution in [0.4, 0.5) is 11.8 Å². The molecule has 0 saturated heterocycles. The second kappa shape index (κ2) is 7.70. The van der Waals surface area contributed by atoms with Gasteiger partial charge in [-0.15, -0.1) is 0 Å². The number of aromatic nitrogens is 4. The van der Waals surface area contributed by atoms with Gasteiger partial charge < -0.3 is 10.6 Å². The monoisotopic (exact) mass is 334 g/mol. The minimum atomic E-state index is 0.577. The van der Waals surface area contributed by atoms with E-state index in [9.17, 15) is 0 Å². The fourth-order valence-corrected chi connectivity index (χ4v) is 2.45. The summed E-state index contributed by atoms with van der Waals surface area (Å²) in [5.41, 5.74) is 4.94. The van der Waals surface area contributed by atoms with Crippen LogP contribution in [0.1, 0.15) is 28.3 Å². The van der Waals surface area contributed by atoms with Gasteiger partial charge in [0.15, 0.2) is 0 Å². The third-order valence-electron chi connectivity index (χ3n) is 3.73. The van der Waals surface area contributed by atoms with E-state index in [4.69, 9.17) is 0 Å². The van der Waals surface area contributed by atoms with Crippen LogP contribution in [0, 0.1) is 20.8 Å². The molecule has 0 aromatic carbocycles. The van der Waals surface area contributed by atoms with Gasteiger partial charge in [-0.05, 0) is 45.0 Å². The molecule has 0 aliphatic rings. The van der Waals surface area contributed by atoms with E-state index in [2.05, 4.69) is 30.6 Å². The lowest BCUT2D eigenvalue weighted by Crippen LogP contribution is -2.10. The average molecular weight is 334 g/mol. The number of nitrogens with zero attached hydrogens (tertiary/aromatic N) is 4. The maximum atomic E-state index is 4.56. The summed E-state index contributed by atoms with van der Waals surface area (Å²) in [7, 11) is 0. The van der Waals surface area contributed by atoms with Gasteiger partial charge in [0.05, 0.1) is 24.5 Å². The largest absolute Gasteiger partial charge is 0.364 e. The Bertz CT molecular complexity index is 862. The van der Waals surface area contributed by atoms with Crippen LogP contribution in [-0.2, 0) is 13.1 Å². The smallest absolute Gasteiger partial charge is 0.224 e. The van der Waals surface area contributed by atoms with Gasteiger partial charge in [0.1, 0.15) is 5.82 Å². The van der Waals surface area contributed by atoms with Crippen LogP contribution in [0.25, 0.3) is 0 Å². The zero-order valence-corrected chi connectivity index (χ0v) is 14.7. The van der Waals surface area contributed by atoms with Crippen molar-refractivity contribution in [3.05, 3.63) is 70.9 Å². The van der Waals surface area contributed by atoms with E-state index in [0.717, 1.165) is 34.2 Å². The summed E-state index contributed by atoms with van der Waals surface area (Å²) < 4.78 is 0. The van der Waals surface area contributed by atoms with Gasteiger partial charge in [0.25, 0.3) is 0 Å². The van der Waals surface area contributed by atoms with Gasteiger partial charge in [0, 0.05) is 23.1 Å². The fourth-order valence-electron chi connectivity index (χ4n) is 2.45. The molecule has 3 heterocycles. The van der Waals surface area contributed by atoms with Crippen molar-refractivity contribution in [3.63, 3.8) is 0 Å². The first-order valence-corrected chi connectivity index (χ1v) is 8.26. The summed E-state index contributed by atoms with van der Waals surface area (Å²) in [5, 5.41) is 6.56. The lowest BCUT2D eigenvalue weighted by atomic mass is 10.3. The molecule has 0 atom stereocenters. The average Bonchev–Trinajstić information content (AvgIpc) is 2.60. The normalized spacial score (nSPS) is 10.5. The highest BCUT2D eigenvalue weighted by Crippen LogP contribution is 2.14. The van der Waals surface area contributed by atoms with E-state index in [1.165, 1.54) is 0 Å². The molecular formula is C19H22N6. The molecule has 6 heteroatoms. The van der Waals surface area contributed by atoms with Crippen molar-refractivity contribution in [2.24, 2.45) is 0 Å². The standard InChI is InChI=1S/C19H22N6/c1-13-10-21-19(22-12-17-9-5-7-15(3)24-17)25-18(13)20-11-16-8-4-6-14(2)23-16/h4-10H,11-12H2,1-3H3,(H2,20,21,22,25). The summed E-state index contributed by atoms with van der Waals surface area (Å²) in [4.78, 5) is 17.9. The first kappa shape index (κ1) is 16.8. The Morgan fingerprint density at radius 1 is 0.760 bits per heavy atom. The molecule has 128 valence electrons. The highest BCUT2D eigenvalue weighted by atomic mass is 15.1. The molecule has 0 radical (unpaired) electrons. The number of rotatable bonds is 6. The van der Waals surface area contributed by atoms with Crippen molar-refractivity contribution in [3.8, 4) is 0 Å². The van der Waals surface area contributed by atoms with Crippen LogP contribution in [-0.4, -0.2) is 19.9 Å². The predicted octanol–water partition coefficient (Wildman–Crippen LogP) is 3.42. The Morgan fingerprint density at radius 3 is 1.96 bits per heavy atom. The van der Waals surface area contributed by atoms with E-state index in [-0.39, 0.29) is 0 Å². The van der Waals surface area contributed by atoms with Gasteiger partial charge in [0.2, 0.25) is 5.95 Å². The van der Waals surface area contributed by atoms with E-state index in [0.29, 0.717) is 19.0 Å². The maximum absolute atomic E-state index is 4.56. The van der Waals surface area contributed by atoms with E-state index in [1.807, 2.05) is 63.4 Å². The summed E-state index contributed by atoms with van der Waals surface area (Å²) >= 11 is 0. The summed E-state index contributed by atoms with van der Waals surface area (Å²) in [6, 6.07) is 12.0. The molecule has 0 aliphatic carbocycles. The molecule has 0 saturated carbocycles. The van der Waals surface area contributed by atoms with Crippen LogP contribution >= 0.6 is 0 Å². The zero-order valence-electron chi connectivity index (χ0n) is 14.7. The van der Waals surface area contributed by atoms with Gasteiger partial charge in [-0.3, -0.25) is 9.97 Å². The molecule has 2 N–H and O–H groups in total. The number of nitrogens with one attached hydrogen (secondary N) is 2. The fraction of sp³-hybridized carbons (Fsp3) is 0.263. The predicted molar refractivity (Wildman–Crippen MR) is 99.4 cm³/mol. The van der Waals surface area contributed by atoms with E-state index < -0.39 is 0 Å².